The van der Waals surface area contributed by atoms with E-state index in [1.807, 2.05) is 0 Å². The van der Waals surface area contributed by atoms with Crippen molar-refractivity contribution < 1.29 is 4.79 Å². The maximum absolute atomic E-state index is 10.8. The summed E-state index contributed by atoms with van der Waals surface area (Å²) in [5.74, 6) is 1.01. The summed E-state index contributed by atoms with van der Waals surface area (Å²) in [6, 6.07) is 0. The number of hydrogen-bond acceptors (Lipinski definition) is 2. The topological polar surface area (TPSA) is 41.1 Å². The first-order chi connectivity index (χ1) is 5.83. The van der Waals surface area contributed by atoms with E-state index < -0.39 is 0 Å². The van der Waals surface area contributed by atoms with Gasteiger partial charge in [-0.1, -0.05) is 6.42 Å². The van der Waals surface area contributed by atoms with Gasteiger partial charge >= 0.3 is 0 Å². The molecule has 0 aromatic rings. The molecule has 1 fully saturated rings. The van der Waals surface area contributed by atoms with Crippen LogP contribution in [0.3, 0.4) is 0 Å². The van der Waals surface area contributed by atoms with Crippen LogP contribution in [-0.4, -0.2) is 26.0 Å². The second-order valence-corrected chi connectivity index (χ2v) is 3.42. The van der Waals surface area contributed by atoms with Gasteiger partial charge in [-0.3, -0.25) is 4.79 Å². The lowest BCUT2D eigenvalue weighted by atomic mass is 9.85. The van der Waals surface area contributed by atoms with Crippen LogP contribution in [0.5, 0.6) is 0 Å². The molecule has 1 amide bonds. The minimum absolute atomic E-state index is 0.121. The lowest BCUT2D eigenvalue weighted by molar-refractivity contribution is -0.120. The zero-order valence-corrected chi connectivity index (χ0v) is 7.73. The Balaban J connectivity index is 1.85. The third-order valence-corrected chi connectivity index (χ3v) is 2.47. The van der Waals surface area contributed by atoms with Crippen molar-refractivity contribution in [3.63, 3.8) is 0 Å². The van der Waals surface area contributed by atoms with E-state index in [1.165, 1.54) is 19.3 Å². The fraction of sp³-hybridized carbons (Fsp3) is 0.889. The second kappa shape index (κ2) is 5.14. The van der Waals surface area contributed by atoms with Crippen molar-refractivity contribution in [2.24, 2.45) is 5.92 Å². The van der Waals surface area contributed by atoms with Crippen molar-refractivity contribution in [1.82, 2.24) is 10.6 Å². The first-order valence-electron chi connectivity index (χ1n) is 4.74. The number of carbonyl (C=O) groups is 1. The van der Waals surface area contributed by atoms with Gasteiger partial charge in [0, 0.05) is 20.0 Å². The van der Waals surface area contributed by atoms with Crippen molar-refractivity contribution >= 4 is 5.91 Å². The van der Waals surface area contributed by atoms with Gasteiger partial charge in [-0.25, -0.2) is 0 Å². The average molecular weight is 170 g/mol. The molecule has 1 saturated carbocycles. The minimum atomic E-state index is 0.121. The molecular formula is C9H18N2O. The quantitative estimate of drug-likeness (QED) is 0.590. The van der Waals surface area contributed by atoms with Gasteiger partial charge in [0.05, 0.1) is 0 Å². The van der Waals surface area contributed by atoms with E-state index >= 15 is 0 Å². The summed E-state index contributed by atoms with van der Waals surface area (Å²) in [7, 11) is 1.67. The molecule has 1 rings (SSSR count). The third-order valence-electron chi connectivity index (χ3n) is 2.47. The lowest BCUT2D eigenvalue weighted by Gasteiger charge is -2.25. The molecule has 0 aliphatic heterocycles. The van der Waals surface area contributed by atoms with Crippen LogP contribution >= 0.6 is 0 Å². The summed E-state index contributed by atoms with van der Waals surface area (Å²) in [4.78, 5) is 10.8. The Morgan fingerprint density at radius 2 is 2.25 bits per heavy atom. The fourth-order valence-corrected chi connectivity index (χ4v) is 1.33. The van der Waals surface area contributed by atoms with Crippen LogP contribution in [0.25, 0.3) is 0 Å². The van der Waals surface area contributed by atoms with E-state index in [-0.39, 0.29) is 5.91 Å². The summed E-state index contributed by atoms with van der Waals surface area (Å²) in [5.41, 5.74) is 0. The highest BCUT2D eigenvalue weighted by Gasteiger charge is 2.16. The van der Waals surface area contributed by atoms with Crippen molar-refractivity contribution in [1.29, 1.82) is 0 Å². The number of rotatable bonds is 5. The molecule has 1 aliphatic carbocycles. The maximum Gasteiger partial charge on any atom is 0.221 e. The van der Waals surface area contributed by atoms with Crippen molar-refractivity contribution in [3.05, 3.63) is 0 Å². The van der Waals surface area contributed by atoms with E-state index in [9.17, 15) is 4.79 Å². The van der Waals surface area contributed by atoms with Crippen LogP contribution in [0, 0.1) is 5.92 Å². The highest BCUT2D eigenvalue weighted by atomic mass is 16.1. The summed E-state index contributed by atoms with van der Waals surface area (Å²) in [6.07, 6.45) is 4.73. The predicted octanol–water partition coefficient (Wildman–Crippen LogP) is 0.512. The Kier molecular flexibility index (Phi) is 4.08. The molecular weight excluding hydrogens is 152 g/mol. The molecule has 70 valence electrons. The molecule has 0 spiro atoms. The van der Waals surface area contributed by atoms with Gasteiger partial charge in [-0.05, 0) is 25.3 Å². The standard InChI is InChI=1S/C9H18N2O/c1-10-9(12)5-6-11-7-8-3-2-4-8/h8,11H,2-7H2,1H3,(H,10,12). The highest BCUT2D eigenvalue weighted by molar-refractivity contribution is 5.75. The van der Waals surface area contributed by atoms with E-state index in [4.69, 9.17) is 0 Å². The fourth-order valence-electron chi connectivity index (χ4n) is 1.33. The van der Waals surface area contributed by atoms with Crippen LogP contribution < -0.4 is 10.6 Å². The van der Waals surface area contributed by atoms with Gasteiger partial charge in [-0.15, -0.1) is 0 Å². The summed E-state index contributed by atoms with van der Waals surface area (Å²) < 4.78 is 0. The first kappa shape index (κ1) is 9.52. The Bertz CT molecular complexity index is 143. The normalized spacial score (nSPS) is 17.1. The Hall–Kier alpha value is -0.570. The van der Waals surface area contributed by atoms with Crippen LogP contribution in [0.1, 0.15) is 25.7 Å². The van der Waals surface area contributed by atoms with E-state index in [1.54, 1.807) is 7.05 Å². The Morgan fingerprint density at radius 3 is 2.75 bits per heavy atom. The maximum atomic E-state index is 10.8. The van der Waals surface area contributed by atoms with E-state index in [2.05, 4.69) is 10.6 Å². The highest BCUT2D eigenvalue weighted by Crippen LogP contribution is 2.24. The molecule has 0 radical (unpaired) electrons. The number of carbonyl (C=O) groups excluding carboxylic acids is 1. The average Bonchev–Trinajstić information content (AvgIpc) is 2.00. The lowest BCUT2D eigenvalue weighted by Crippen LogP contribution is -2.30. The number of hydrogen-bond donors (Lipinski definition) is 2. The van der Waals surface area contributed by atoms with Crippen LogP contribution in [0.15, 0.2) is 0 Å². The Labute approximate surface area is 73.9 Å². The van der Waals surface area contributed by atoms with Gasteiger partial charge in [0.15, 0.2) is 0 Å². The molecule has 0 unspecified atom stereocenters. The number of amides is 1. The van der Waals surface area contributed by atoms with Crippen molar-refractivity contribution in [3.8, 4) is 0 Å². The third kappa shape index (κ3) is 3.22. The zero-order valence-electron chi connectivity index (χ0n) is 7.73. The van der Waals surface area contributed by atoms with Gasteiger partial charge < -0.3 is 10.6 Å². The summed E-state index contributed by atoms with van der Waals surface area (Å²) >= 11 is 0. The summed E-state index contributed by atoms with van der Waals surface area (Å²) in [6.45, 7) is 1.91. The smallest absolute Gasteiger partial charge is 0.221 e. The van der Waals surface area contributed by atoms with Gasteiger partial charge in [0.1, 0.15) is 0 Å². The molecule has 3 heteroatoms. The molecule has 1 aliphatic rings. The monoisotopic (exact) mass is 170 g/mol. The largest absolute Gasteiger partial charge is 0.359 e. The number of nitrogens with one attached hydrogen (secondary N) is 2. The van der Waals surface area contributed by atoms with Crippen LogP contribution in [-0.2, 0) is 4.79 Å². The first-order valence-corrected chi connectivity index (χ1v) is 4.74. The van der Waals surface area contributed by atoms with E-state index in [0.717, 1.165) is 19.0 Å². The van der Waals surface area contributed by atoms with Gasteiger partial charge in [0.25, 0.3) is 0 Å². The molecule has 3 nitrogen and oxygen atoms in total. The van der Waals surface area contributed by atoms with Gasteiger partial charge in [0.2, 0.25) is 5.91 Å². The second-order valence-electron chi connectivity index (χ2n) is 3.42. The molecule has 2 N–H and O–H groups in total. The Morgan fingerprint density at radius 1 is 1.50 bits per heavy atom. The minimum Gasteiger partial charge on any atom is -0.359 e. The molecule has 0 atom stereocenters. The predicted molar refractivity (Wildman–Crippen MR) is 48.9 cm³/mol. The van der Waals surface area contributed by atoms with Gasteiger partial charge in [-0.2, -0.15) is 0 Å². The summed E-state index contributed by atoms with van der Waals surface area (Å²) in [5, 5.41) is 5.89. The zero-order chi connectivity index (χ0) is 8.81. The van der Waals surface area contributed by atoms with Crippen molar-refractivity contribution in [2.75, 3.05) is 20.1 Å². The van der Waals surface area contributed by atoms with Crippen LogP contribution in [0.4, 0.5) is 0 Å². The SMILES string of the molecule is CNC(=O)CCNCC1CCC1. The van der Waals surface area contributed by atoms with Crippen LogP contribution in [0.2, 0.25) is 0 Å². The molecule has 12 heavy (non-hydrogen) atoms. The molecule has 0 aromatic heterocycles. The van der Waals surface area contributed by atoms with Crippen molar-refractivity contribution in [2.45, 2.75) is 25.7 Å². The molecule has 0 heterocycles. The van der Waals surface area contributed by atoms with E-state index in [0.29, 0.717) is 6.42 Å². The molecule has 0 bridgehead atoms. The molecule has 0 saturated heterocycles. The molecule has 0 aromatic carbocycles.